The van der Waals surface area contributed by atoms with Gasteiger partial charge in [-0.25, -0.2) is 0 Å². The second-order valence-electron chi connectivity index (χ2n) is 25.0. The average molecular weight is 1140 g/mol. The second kappa shape index (κ2) is 30.2. The fourth-order valence-electron chi connectivity index (χ4n) is 10.4. The lowest BCUT2D eigenvalue weighted by Crippen LogP contribution is -1.92. The fourth-order valence-corrected chi connectivity index (χ4v) is 10.4. The lowest BCUT2D eigenvalue weighted by atomic mass is 9.95. The molecule has 0 N–H and O–H groups in total. The first-order valence-electron chi connectivity index (χ1n) is 31.2. The number of hydrogen-bond donors (Lipinski definition) is 0. The summed E-state index contributed by atoms with van der Waals surface area (Å²) in [4.78, 5) is 0. The molecule has 0 aliphatic carbocycles. The highest BCUT2D eigenvalue weighted by Crippen LogP contribution is 2.31. The van der Waals surface area contributed by atoms with Gasteiger partial charge in [0.15, 0.2) is 0 Å². The summed E-state index contributed by atoms with van der Waals surface area (Å²) in [7, 11) is 0. The van der Waals surface area contributed by atoms with E-state index in [2.05, 4.69) is 345 Å². The number of benzene rings is 11. The molecule has 0 atom stereocenters. The quantitative estimate of drug-likeness (QED) is 0.149. The van der Waals surface area contributed by atoms with Crippen LogP contribution in [0.25, 0.3) is 55.6 Å². The van der Waals surface area contributed by atoms with Crippen molar-refractivity contribution in [3.63, 3.8) is 0 Å². The van der Waals surface area contributed by atoms with Crippen molar-refractivity contribution in [3.05, 3.63) is 329 Å². The summed E-state index contributed by atoms with van der Waals surface area (Å²) in [5.41, 5.74) is 42.9. The number of hydrogen-bond acceptors (Lipinski definition) is 0. The van der Waals surface area contributed by atoms with Crippen molar-refractivity contribution in [2.45, 2.75) is 145 Å². The smallest absolute Gasteiger partial charge is 0.00256 e. The third-order valence-corrected chi connectivity index (χ3v) is 18.1. The molecule has 0 heterocycles. The van der Waals surface area contributed by atoms with Crippen LogP contribution in [-0.4, -0.2) is 0 Å². The van der Waals surface area contributed by atoms with Gasteiger partial charge in [0.1, 0.15) is 0 Å². The van der Waals surface area contributed by atoms with Crippen molar-refractivity contribution in [3.8, 4) is 55.6 Å². The Labute approximate surface area is 526 Å². The van der Waals surface area contributed by atoms with Gasteiger partial charge in [-0.1, -0.05) is 200 Å². The molecule has 0 bridgehead atoms. The minimum atomic E-state index is 1.03. The van der Waals surface area contributed by atoms with Gasteiger partial charge in [0, 0.05) is 0 Å². The van der Waals surface area contributed by atoms with Gasteiger partial charge in [0.25, 0.3) is 0 Å². The molecule has 0 aromatic heterocycles. The van der Waals surface area contributed by atoms with E-state index in [4.69, 9.17) is 0 Å². The molecule has 0 saturated carbocycles. The summed E-state index contributed by atoms with van der Waals surface area (Å²) >= 11 is 0. The van der Waals surface area contributed by atoms with E-state index in [1.165, 1.54) is 178 Å². The molecule has 0 aliphatic rings. The van der Waals surface area contributed by atoms with Crippen molar-refractivity contribution < 1.29 is 0 Å². The molecule has 0 fully saturated rings. The lowest BCUT2D eigenvalue weighted by Gasteiger charge is -2.09. The Kier molecular flexibility index (Phi) is 22.9. The second-order valence-corrected chi connectivity index (χ2v) is 25.0. The van der Waals surface area contributed by atoms with Gasteiger partial charge in [0.2, 0.25) is 0 Å². The molecule has 444 valence electrons. The zero-order chi connectivity index (χ0) is 63.2. The third-order valence-electron chi connectivity index (χ3n) is 18.1. The average Bonchev–Trinajstić information content (AvgIpc) is 3.07. The molecule has 0 unspecified atom stereocenters. The molecule has 11 aromatic carbocycles. The zero-order valence-corrected chi connectivity index (χ0v) is 56.3. The van der Waals surface area contributed by atoms with Gasteiger partial charge < -0.3 is 0 Å². The first-order chi connectivity index (χ1) is 41.3. The molecule has 87 heavy (non-hydrogen) atoms. The Morgan fingerprint density at radius 1 is 0.138 bits per heavy atom. The van der Waals surface area contributed by atoms with Crippen LogP contribution < -0.4 is 0 Å². The molecule has 0 radical (unpaired) electrons. The maximum Gasteiger partial charge on any atom is -0.00256 e. The van der Waals surface area contributed by atoms with Crippen LogP contribution in [0.2, 0.25) is 0 Å². The lowest BCUT2D eigenvalue weighted by molar-refractivity contribution is 1.15. The van der Waals surface area contributed by atoms with Crippen molar-refractivity contribution in [1.29, 1.82) is 0 Å². The van der Waals surface area contributed by atoms with Crippen LogP contribution in [0.4, 0.5) is 0 Å². The van der Waals surface area contributed by atoms with Gasteiger partial charge in [-0.15, -0.1) is 0 Å². The molecular weight excluding hydrogens is 1040 g/mol. The van der Waals surface area contributed by atoms with Crippen molar-refractivity contribution in [2.75, 3.05) is 0 Å². The predicted octanol–water partition coefficient (Wildman–Crippen LogP) is 24.5. The Hall–Kier alpha value is -8.58. The monoisotopic (exact) mass is 1140 g/mol. The standard InChI is InChI=1S/2C22H22.C17H20.C16H18.C10H14/c1-15-5-7-21(13-17(15)3)19-9-11-20(12-10-19)22-8-6-16(2)18(4)14-22;1-15-8-10-21(12-17(15)3)19-6-5-7-20(14-19)22-11-9-16(2)18(4)13-22;1-12-5-7-16(9-14(12)3)11-17-8-6-13(2)15(4)10-17;1-11-5-7-15(9-13(11)3)16-8-6-12(2)14(4)10-16;1-7-5-9(3)10(4)6-8(7)2/h2*5-14H,1-4H3;5-10H,11H2,1-4H3;5-10H,1-4H3;5-6H,1-4H3. The Balaban J connectivity index is 0.000000159. The fraction of sp³-hybridized carbons (Fsp3) is 0.241. The summed E-state index contributed by atoms with van der Waals surface area (Å²) in [6.45, 7) is 43.2. The molecule has 0 heteroatoms. The Morgan fingerprint density at radius 2 is 0.310 bits per heavy atom. The maximum atomic E-state index is 2.30. The van der Waals surface area contributed by atoms with Crippen LogP contribution >= 0.6 is 0 Å². The van der Waals surface area contributed by atoms with Crippen LogP contribution in [0.5, 0.6) is 0 Å². The van der Waals surface area contributed by atoms with Gasteiger partial charge in [-0.2, -0.15) is 0 Å². The Morgan fingerprint density at radius 3 is 0.529 bits per heavy atom. The van der Waals surface area contributed by atoms with Crippen LogP contribution in [-0.2, 0) is 6.42 Å². The van der Waals surface area contributed by atoms with Crippen molar-refractivity contribution >= 4 is 0 Å². The van der Waals surface area contributed by atoms with E-state index in [1.807, 2.05) is 0 Å². The molecular formula is C87H96. The topological polar surface area (TPSA) is 0 Å². The first-order valence-corrected chi connectivity index (χ1v) is 31.2. The summed E-state index contributed by atoms with van der Waals surface area (Å²) in [6.07, 6.45) is 1.03. The largest absolute Gasteiger partial charge is 0.0610 e. The summed E-state index contributed by atoms with van der Waals surface area (Å²) < 4.78 is 0. The van der Waals surface area contributed by atoms with Crippen LogP contribution in [0.15, 0.2) is 206 Å². The highest BCUT2D eigenvalue weighted by atomic mass is 14.1. The molecule has 11 rings (SSSR count). The zero-order valence-electron chi connectivity index (χ0n) is 56.3. The molecule has 0 aliphatic heterocycles. The molecule has 0 spiro atoms. The highest BCUT2D eigenvalue weighted by molar-refractivity contribution is 5.75. The summed E-state index contributed by atoms with van der Waals surface area (Å²) in [6, 6.07) is 75.7. The van der Waals surface area contributed by atoms with E-state index in [1.54, 1.807) is 0 Å². The highest BCUT2D eigenvalue weighted by Gasteiger charge is 2.08. The predicted molar refractivity (Wildman–Crippen MR) is 383 cm³/mol. The van der Waals surface area contributed by atoms with Crippen molar-refractivity contribution in [2.24, 2.45) is 0 Å². The van der Waals surface area contributed by atoms with Gasteiger partial charge >= 0.3 is 0 Å². The van der Waals surface area contributed by atoms with Gasteiger partial charge in [-0.05, 0) is 329 Å². The van der Waals surface area contributed by atoms with Crippen LogP contribution in [0.1, 0.15) is 122 Å². The van der Waals surface area contributed by atoms with E-state index in [9.17, 15) is 0 Å². The minimum Gasteiger partial charge on any atom is -0.0610 e. The Bertz CT molecular complexity index is 3870. The summed E-state index contributed by atoms with van der Waals surface area (Å²) in [5, 5.41) is 0. The van der Waals surface area contributed by atoms with Crippen molar-refractivity contribution in [1.82, 2.24) is 0 Å². The molecule has 0 amide bonds. The number of aryl methyl sites for hydroxylation is 20. The van der Waals surface area contributed by atoms with Gasteiger partial charge in [-0.3, -0.25) is 0 Å². The van der Waals surface area contributed by atoms with Crippen LogP contribution in [0, 0.1) is 138 Å². The molecule has 0 nitrogen and oxygen atoms in total. The SMILES string of the molecule is Cc1cc(C)c(C)cc1C.Cc1ccc(-c2ccc(-c3ccc(C)c(C)c3)cc2)cc1C.Cc1ccc(-c2ccc(C)c(C)c2)cc1C.Cc1ccc(-c2cccc(-c3ccc(C)c(C)c3)c2)cc1C.Cc1ccc(Cc2ccc(C)c(C)c2)cc1C. The van der Waals surface area contributed by atoms with Gasteiger partial charge in [0.05, 0.1) is 0 Å². The van der Waals surface area contributed by atoms with E-state index in [-0.39, 0.29) is 0 Å². The normalized spacial score (nSPS) is 10.6. The van der Waals surface area contributed by atoms with E-state index >= 15 is 0 Å². The van der Waals surface area contributed by atoms with Crippen LogP contribution in [0.3, 0.4) is 0 Å². The van der Waals surface area contributed by atoms with E-state index in [0.717, 1.165) is 6.42 Å². The van der Waals surface area contributed by atoms with E-state index < -0.39 is 0 Å². The van der Waals surface area contributed by atoms with E-state index in [0.29, 0.717) is 0 Å². The first kappa shape index (κ1) is 66.0. The molecule has 11 aromatic rings. The minimum absolute atomic E-state index is 1.03. The third kappa shape index (κ3) is 18.2. The maximum absolute atomic E-state index is 2.30. The summed E-state index contributed by atoms with van der Waals surface area (Å²) in [5.74, 6) is 0. The number of rotatable bonds is 7. The molecule has 0 saturated heterocycles.